The molecule has 1 heterocycles. The van der Waals surface area contributed by atoms with Gasteiger partial charge in [0.15, 0.2) is 0 Å². The van der Waals surface area contributed by atoms with Crippen molar-refractivity contribution < 1.29 is 5.11 Å². The minimum absolute atomic E-state index is 0.0939. The molecule has 0 saturated carbocycles. The van der Waals surface area contributed by atoms with Crippen LogP contribution in [0.25, 0.3) is 0 Å². The van der Waals surface area contributed by atoms with Gasteiger partial charge in [0.1, 0.15) is 0 Å². The summed E-state index contributed by atoms with van der Waals surface area (Å²) in [6.45, 7) is 13.8. The van der Waals surface area contributed by atoms with Crippen LogP contribution in [0.3, 0.4) is 0 Å². The molecule has 2 heteroatoms. The molecule has 84 valence electrons. The summed E-state index contributed by atoms with van der Waals surface area (Å²) < 4.78 is 0. The summed E-state index contributed by atoms with van der Waals surface area (Å²) in [5, 5.41) is 14.3. The minimum atomic E-state index is -0.641. The van der Waals surface area contributed by atoms with Gasteiger partial charge in [0.25, 0.3) is 0 Å². The molecular formula is C12H25NO. The maximum Gasteiger partial charge on any atom is 0.0896 e. The average Bonchev–Trinajstić information content (AvgIpc) is 1.77. The summed E-state index contributed by atoms with van der Waals surface area (Å²) in [7, 11) is 0. The third-order valence-corrected chi connectivity index (χ3v) is 3.61. The highest BCUT2D eigenvalue weighted by atomic mass is 16.3. The van der Waals surface area contributed by atoms with E-state index in [1.165, 1.54) is 0 Å². The Morgan fingerprint density at radius 3 is 1.43 bits per heavy atom. The Morgan fingerprint density at radius 1 is 1.00 bits per heavy atom. The van der Waals surface area contributed by atoms with Gasteiger partial charge >= 0.3 is 0 Å². The second-order valence-electron chi connectivity index (χ2n) is 6.56. The average molecular weight is 199 g/mol. The van der Waals surface area contributed by atoms with Crippen molar-refractivity contribution in [3.63, 3.8) is 0 Å². The van der Waals surface area contributed by atoms with E-state index in [0.717, 1.165) is 13.0 Å². The predicted octanol–water partition coefficient (Wildman–Crippen LogP) is 2.17. The highest BCUT2D eigenvalue weighted by molar-refractivity contribution is 5.09. The van der Waals surface area contributed by atoms with Gasteiger partial charge in [0, 0.05) is 6.04 Å². The smallest absolute Gasteiger partial charge is 0.0896 e. The van der Waals surface area contributed by atoms with Crippen molar-refractivity contribution in [2.45, 2.75) is 59.6 Å². The van der Waals surface area contributed by atoms with E-state index in [0.29, 0.717) is 0 Å². The monoisotopic (exact) mass is 199 g/mol. The quantitative estimate of drug-likeness (QED) is 0.678. The number of aliphatic hydroxyl groups is 1. The predicted molar refractivity (Wildman–Crippen MR) is 60.3 cm³/mol. The molecule has 0 amide bonds. The molecule has 0 radical (unpaired) electrons. The molecular weight excluding hydrogens is 174 g/mol. The maximum absolute atomic E-state index is 10.9. The number of rotatable bonds is 1. The fraction of sp³-hybridized carbons (Fsp3) is 1.00. The molecule has 14 heavy (non-hydrogen) atoms. The van der Waals surface area contributed by atoms with Crippen LogP contribution in [0.4, 0.5) is 0 Å². The van der Waals surface area contributed by atoms with Crippen molar-refractivity contribution in [3.8, 4) is 0 Å². The van der Waals surface area contributed by atoms with Gasteiger partial charge in [-0.15, -0.1) is 0 Å². The Morgan fingerprint density at radius 2 is 1.36 bits per heavy atom. The highest BCUT2D eigenvalue weighted by Crippen LogP contribution is 2.48. The van der Waals surface area contributed by atoms with Gasteiger partial charge in [-0.2, -0.15) is 0 Å². The molecule has 0 bridgehead atoms. The van der Waals surface area contributed by atoms with Crippen molar-refractivity contribution in [2.24, 2.45) is 10.8 Å². The molecule has 2 N–H and O–H groups in total. The van der Waals surface area contributed by atoms with Crippen LogP contribution in [0.5, 0.6) is 0 Å². The summed E-state index contributed by atoms with van der Waals surface area (Å²) in [6, 6.07) is 0.252. The lowest BCUT2D eigenvalue weighted by molar-refractivity contribution is -0.172. The summed E-state index contributed by atoms with van der Waals surface area (Å²) >= 11 is 0. The SMILES string of the molecule is CC(C)(C)C(O)(C1CCN1)C(C)(C)C. The third-order valence-electron chi connectivity index (χ3n) is 3.61. The lowest BCUT2D eigenvalue weighted by Gasteiger charge is -2.57. The van der Waals surface area contributed by atoms with E-state index in [1.807, 2.05) is 0 Å². The molecule has 0 spiro atoms. The lowest BCUT2D eigenvalue weighted by Crippen LogP contribution is -2.69. The number of hydrogen-bond acceptors (Lipinski definition) is 2. The van der Waals surface area contributed by atoms with Crippen molar-refractivity contribution in [1.82, 2.24) is 5.32 Å². The molecule has 0 aromatic rings. The normalized spacial score (nSPS) is 24.6. The minimum Gasteiger partial charge on any atom is -0.387 e. The van der Waals surface area contributed by atoms with Crippen molar-refractivity contribution in [3.05, 3.63) is 0 Å². The first kappa shape index (κ1) is 12.0. The van der Waals surface area contributed by atoms with Gasteiger partial charge in [0.2, 0.25) is 0 Å². The lowest BCUT2D eigenvalue weighted by atomic mass is 9.57. The van der Waals surface area contributed by atoms with E-state index < -0.39 is 5.60 Å². The van der Waals surface area contributed by atoms with Gasteiger partial charge in [-0.05, 0) is 23.8 Å². The first-order chi connectivity index (χ1) is 6.11. The highest BCUT2D eigenvalue weighted by Gasteiger charge is 2.55. The molecule has 0 aromatic carbocycles. The molecule has 1 aliphatic heterocycles. The zero-order valence-electron chi connectivity index (χ0n) is 10.4. The second-order valence-corrected chi connectivity index (χ2v) is 6.56. The van der Waals surface area contributed by atoms with Crippen LogP contribution in [0.2, 0.25) is 0 Å². The number of hydrogen-bond donors (Lipinski definition) is 2. The molecule has 0 aromatic heterocycles. The van der Waals surface area contributed by atoms with Gasteiger partial charge in [-0.25, -0.2) is 0 Å². The fourth-order valence-electron chi connectivity index (χ4n) is 2.82. The van der Waals surface area contributed by atoms with Crippen molar-refractivity contribution in [2.75, 3.05) is 6.54 Å². The van der Waals surface area contributed by atoms with Gasteiger partial charge in [-0.3, -0.25) is 0 Å². The summed E-state index contributed by atoms with van der Waals surface area (Å²) in [4.78, 5) is 0. The first-order valence-corrected chi connectivity index (χ1v) is 5.56. The van der Waals surface area contributed by atoms with Crippen LogP contribution in [-0.2, 0) is 0 Å². The van der Waals surface area contributed by atoms with Crippen LogP contribution < -0.4 is 5.32 Å². The second kappa shape index (κ2) is 3.21. The Kier molecular flexibility index (Phi) is 2.75. The zero-order valence-corrected chi connectivity index (χ0v) is 10.4. The van der Waals surface area contributed by atoms with Crippen LogP contribution in [0, 0.1) is 10.8 Å². The van der Waals surface area contributed by atoms with E-state index in [9.17, 15) is 5.11 Å². The largest absolute Gasteiger partial charge is 0.387 e. The van der Waals surface area contributed by atoms with Crippen LogP contribution >= 0.6 is 0 Å². The Balaban J connectivity index is 3.01. The molecule has 1 atom stereocenters. The van der Waals surface area contributed by atoms with E-state index >= 15 is 0 Å². The van der Waals surface area contributed by atoms with E-state index in [2.05, 4.69) is 46.9 Å². The molecule has 1 unspecified atom stereocenters. The topological polar surface area (TPSA) is 32.3 Å². The zero-order chi connectivity index (χ0) is 11.2. The molecule has 0 aliphatic carbocycles. The van der Waals surface area contributed by atoms with Crippen LogP contribution in [0.15, 0.2) is 0 Å². The number of nitrogens with one attached hydrogen (secondary N) is 1. The van der Waals surface area contributed by atoms with Gasteiger partial charge in [0.05, 0.1) is 5.60 Å². The summed E-state index contributed by atoms with van der Waals surface area (Å²) in [5.41, 5.74) is -0.828. The summed E-state index contributed by atoms with van der Waals surface area (Å²) in [6.07, 6.45) is 1.09. The van der Waals surface area contributed by atoms with Crippen molar-refractivity contribution >= 4 is 0 Å². The van der Waals surface area contributed by atoms with Gasteiger partial charge in [-0.1, -0.05) is 41.5 Å². The standard InChI is InChI=1S/C12H25NO/c1-10(2,3)12(14,11(4,5)6)9-7-8-13-9/h9,13-14H,7-8H2,1-6H3. The Labute approximate surface area is 88.1 Å². The maximum atomic E-state index is 10.9. The molecule has 1 saturated heterocycles. The van der Waals surface area contributed by atoms with Gasteiger partial charge < -0.3 is 10.4 Å². The van der Waals surface area contributed by atoms with E-state index in [1.54, 1.807) is 0 Å². The Bertz CT molecular complexity index is 191. The van der Waals surface area contributed by atoms with Crippen LogP contribution in [-0.4, -0.2) is 23.3 Å². The third kappa shape index (κ3) is 1.59. The molecule has 1 fully saturated rings. The van der Waals surface area contributed by atoms with E-state index in [-0.39, 0.29) is 16.9 Å². The van der Waals surface area contributed by atoms with E-state index in [4.69, 9.17) is 0 Å². The Hall–Kier alpha value is -0.0800. The van der Waals surface area contributed by atoms with Crippen molar-refractivity contribution in [1.29, 1.82) is 0 Å². The first-order valence-electron chi connectivity index (χ1n) is 5.56. The molecule has 1 aliphatic rings. The fourth-order valence-corrected chi connectivity index (χ4v) is 2.82. The van der Waals surface area contributed by atoms with Crippen LogP contribution in [0.1, 0.15) is 48.0 Å². The summed E-state index contributed by atoms with van der Waals surface area (Å²) in [5.74, 6) is 0. The molecule has 1 rings (SSSR count). The molecule has 2 nitrogen and oxygen atoms in total.